The summed E-state index contributed by atoms with van der Waals surface area (Å²) < 4.78 is 5.43. The first-order valence-corrected chi connectivity index (χ1v) is 6.88. The number of nitrogens with one attached hydrogen (secondary N) is 1. The molecule has 1 amide bonds. The second-order valence-corrected chi connectivity index (χ2v) is 5.99. The van der Waals surface area contributed by atoms with Gasteiger partial charge in [0.25, 0.3) is 5.91 Å². The van der Waals surface area contributed by atoms with Crippen LogP contribution in [0.3, 0.4) is 0 Å². The Morgan fingerprint density at radius 3 is 2.30 bits per heavy atom. The number of nitrogens with zero attached hydrogens (tertiary/aromatic N) is 1. The molecule has 20 heavy (non-hydrogen) atoms. The lowest BCUT2D eigenvalue weighted by Crippen LogP contribution is -2.31. The molecule has 112 valence electrons. The van der Waals surface area contributed by atoms with Crippen LogP contribution < -0.4 is 5.32 Å². The zero-order valence-corrected chi connectivity index (χ0v) is 13.4. The molecule has 1 aromatic rings. The first-order valence-electron chi connectivity index (χ1n) is 6.88. The van der Waals surface area contributed by atoms with E-state index in [2.05, 4.69) is 26.1 Å². The molecule has 0 bridgehead atoms. The van der Waals surface area contributed by atoms with Crippen LogP contribution in [0.25, 0.3) is 0 Å². The van der Waals surface area contributed by atoms with Crippen LogP contribution in [-0.4, -0.2) is 43.7 Å². The van der Waals surface area contributed by atoms with Crippen molar-refractivity contribution in [1.29, 1.82) is 0 Å². The summed E-state index contributed by atoms with van der Waals surface area (Å²) in [5.41, 5.74) is 1.57. The highest BCUT2D eigenvalue weighted by atomic mass is 16.5. The van der Waals surface area contributed by atoms with Gasteiger partial charge in [-0.2, -0.15) is 0 Å². The fourth-order valence-corrected chi connectivity index (χ4v) is 2.12. The van der Waals surface area contributed by atoms with Crippen molar-refractivity contribution in [3.8, 4) is 0 Å². The minimum Gasteiger partial charge on any atom is -0.382 e. The van der Waals surface area contributed by atoms with Gasteiger partial charge in [-0.3, -0.25) is 4.79 Å². The Morgan fingerprint density at radius 1 is 1.30 bits per heavy atom. The van der Waals surface area contributed by atoms with Gasteiger partial charge in [0.05, 0.1) is 5.60 Å². The van der Waals surface area contributed by atoms with E-state index in [1.165, 1.54) is 0 Å². The maximum absolute atomic E-state index is 11.8. The van der Waals surface area contributed by atoms with Gasteiger partial charge in [-0.05, 0) is 51.5 Å². The number of methoxy groups -OCH3 is 1. The number of carbonyl (C=O) groups is 1. The molecule has 4 heteroatoms. The molecule has 1 rings (SSSR count). The van der Waals surface area contributed by atoms with Crippen LogP contribution in [-0.2, 0) is 4.74 Å². The van der Waals surface area contributed by atoms with E-state index in [-0.39, 0.29) is 11.5 Å². The average Bonchev–Trinajstić information content (AvgIpc) is 2.38. The first kappa shape index (κ1) is 16.5. The molecule has 0 saturated carbocycles. The van der Waals surface area contributed by atoms with Crippen LogP contribution in [0.1, 0.15) is 37.6 Å². The molecule has 1 N–H and O–H groups in total. The third-order valence-electron chi connectivity index (χ3n) is 3.30. The van der Waals surface area contributed by atoms with Crippen LogP contribution in [0.15, 0.2) is 24.3 Å². The van der Waals surface area contributed by atoms with Crippen molar-refractivity contribution in [1.82, 2.24) is 4.90 Å². The van der Waals surface area contributed by atoms with E-state index in [9.17, 15) is 4.79 Å². The molecule has 0 saturated heterocycles. The first-order chi connectivity index (χ1) is 9.25. The Labute approximate surface area is 122 Å². The third-order valence-corrected chi connectivity index (χ3v) is 3.30. The molecule has 0 aromatic heterocycles. The van der Waals surface area contributed by atoms with Crippen molar-refractivity contribution in [2.45, 2.75) is 38.8 Å². The zero-order valence-electron chi connectivity index (χ0n) is 13.4. The lowest BCUT2D eigenvalue weighted by atomic mass is 9.99. The summed E-state index contributed by atoms with van der Waals surface area (Å²) in [5.74, 6) is 0.0186. The highest BCUT2D eigenvalue weighted by Crippen LogP contribution is 2.19. The maximum atomic E-state index is 11.8. The lowest BCUT2D eigenvalue weighted by Gasteiger charge is -2.27. The number of carbonyl (C=O) groups excluding carboxylic acids is 1. The van der Waals surface area contributed by atoms with Crippen molar-refractivity contribution < 1.29 is 9.53 Å². The monoisotopic (exact) mass is 278 g/mol. The highest BCUT2D eigenvalue weighted by Gasteiger charge is 2.20. The molecular formula is C16H26N2O2. The normalized spacial score (nSPS) is 12.9. The lowest BCUT2D eigenvalue weighted by molar-refractivity contribution is 0.0128. The standard InChI is InChI=1S/C16H26N2O2/c1-12(11-16(2,3)20-6)17-14-9-7-13(8-10-14)15(19)18(4)5/h7-10,12,17H,11H2,1-6H3. The van der Waals surface area contributed by atoms with Crippen LogP contribution in [0.4, 0.5) is 5.69 Å². The molecule has 0 aliphatic rings. The summed E-state index contributed by atoms with van der Waals surface area (Å²) in [6.07, 6.45) is 0.905. The van der Waals surface area contributed by atoms with Gasteiger partial charge in [-0.1, -0.05) is 0 Å². The van der Waals surface area contributed by atoms with E-state index >= 15 is 0 Å². The number of benzene rings is 1. The predicted molar refractivity (Wildman–Crippen MR) is 83.2 cm³/mol. The molecule has 0 radical (unpaired) electrons. The van der Waals surface area contributed by atoms with Crippen molar-refractivity contribution in [3.63, 3.8) is 0 Å². The molecule has 0 heterocycles. The fourth-order valence-electron chi connectivity index (χ4n) is 2.12. The van der Waals surface area contributed by atoms with Gasteiger partial charge in [0.2, 0.25) is 0 Å². The van der Waals surface area contributed by atoms with E-state index in [0.717, 1.165) is 12.1 Å². The van der Waals surface area contributed by atoms with Gasteiger partial charge in [0, 0.05) is 38.5 Å². The molecule has 1 atom stereocenters. The van der Waals surface area contributed by atoms with E-state index in [0.29, 0.717) is 11.6 Å². The molecule has 0 aliphatic carbocycles. The number of hydrogen-bond donors (Lipinski definition) is 1. The van der Waals surface area contributed by atoms with Crippen molar-refractivity contribution in [2.75, 3.05) is 26.5 Å². The van der Waals surface area contributed by atoms with Gasteiger partial charge in [-0.25, -0.2) is 0 Å². The summed E-state index contributed by atoms with van der Waals surface area (Å²) in [4.78, 5) is 13.4. The van der Waals surface area contributed by atoms with Crippen LogP contribution >= 0.6 is 0 Å². The molecule has 1 unspecified atom stereocenters. The number of anilines is 1. The second kappa shape index (κ2) is 6.75. The highest BCUT2D eigenvalue weighted by molar-refractivity contribution is 5.94. The van der Waals surface area contributed by atoms with Crippen molar-refractivity contribution in [2.24, 2.45) is 0 Å². The molecule has 0 spiro atoms. The quantitative estimate of drug-likeness (QED) is 0.869. The average molecular weight is 278 g/mol. The molecule has 0 aliphatic heterocycles. The van der Waals surface area contributed by atoms with E-state index in [1.54, 1.807) is 26.1 Å². The third kappa shape index (κ3) is 4.85. The number of hydrogen-bond acceptors (Lipinski definition) is 3. The van der Waals surface area contributed by atoms with E-state index < -0.39 is 0 Å². The topological polar surface area (TPSA) is 41.6 Å². The number of amides is 1. The Morgan fingerprint density at radius 2 is 1.85 bits per heavy atom. The Kier molecular flexibility index (Phi) is 5.57. The van der Waals surface area contributed by atoms with Crippen molar-refractivity contribution in [3.05, 3.63) is 29.8 Å². The van der Waals surface area contributed by atoms with E-state index in [4.69, 9.17) is 4.74 Å². The minimum atomic E-state index is -0.146. The van der Waals surface area contributed by atoms with Gasteiger partial charge < -0.3 is 15.0 Å². The van der Waals surface area contributed by atoms with E-state index in [1.807, 2.05) is 24.3 Å². The summed E-state index contributed by atoms with van der Waals surface area (Å²) in [7, 11) is 5.24. The summed E-state index contributed by atoms with van der Waals surface area (Å²) in [6, 6.07) is 7.86. The summed E-state index contributed by atoms with van der Waals surface area (Å²) >= 11 is 0. The van der Waals surface area contributed by atoms with Gasteiger partial charge >= 0.3 is 0 Å². The maximum Gasteiger partial charge on any atom is 0.253 e. The van der Waals surface area contributed by atoms with Crippen LogP contribution in [0.5, 0.6) is 0 Å². The number of ether oxygens (including phenoxy) is 1. The second-order valence-electron chi connectivity index (χ2n) is 5.99. The predicted octanol–water partition coefficient (Wildman–Crippen LogP) is 3.00. The van der Waals surface area contributed by atoms with Gasteiger partial charge in [0.1, 0.15) is 0 Å². The molecule has 1 aromatic carbocycles. The zero-order chi connectivity index (χ0) is 15.3. The van der Waals surface area contributed by atoms with Crippen molar-refractivity contribution >= 4 is 11.6 Å². The molecule has 4 nitrogen and oxygen atoms in total. The smallest absolute Gasteiger partial charge is 0.253 e. The van der Waals surface area contributed by atoms with Gasteiger partial charge in [0.15, 0.2) is 0 Å². The van der Waals surface area contributed by atoms with Crippen LogP contribution in [0, 0.1) is 0 Å². The van der Waals surface area contributed by atoms with Gasteiger partial charge in [-0.15, -0.1) is 0 Å². The Balaban J connectivity index is 2.64. The molecular weight excluding hydrogens is 252 g/mol. The SMILES string of the molecule is COC(C)(C)CC(C)Nc1ccc(C(=O)N(C)C)cc1. The summed E-state index contributed by atoms with van der Waals surface area (Å²) in [6.45, 7) is 6.27. The molecule has 0 fully saturated rings. The van der Waals surface area contributed by atoms with Crippen LogP contribution in [0.2, 0.25) is 0 Å². The fraction of sp³-hybridized carbons (Fsp3) is 0.562. The number of rotatable bonds is 6. The Hall–Kier alpha value is -1.55. The Bertz CT molecular complexity index is 438. The minimum absolute atomic E-state index is 0.0186. The largest absolute Gasteiger partial charge is 0.382 e. The summed E-state index contributed by atoms with van der Waals surface area (Å²) in [5, 5.41) is 3.42.